The summed E-state index contributed by atoms with van der Waals surface area (Å²) in [6, 6.07) is 7.46. The van der Waals surface area contributed by atoms with E-state index in [9.17, 15) is 9.36 Å². The number of aliphatic carboxylic acids is 1. The monoisotopic (exact) mass is 342 g/mol. The quantitative estimate of drug-likeness (QED) is 0.534. The number of benzene rings is 1. The number of hydrogen-bond acceptors (Lipinski definition) is 6. The molecule has 5 N–H and O–H groups in total. The average molecular weight is 342 g/mol. The molecular formula is C13H15N2O7P. The molecule has 0 aliphatic heterocycles. The molecular weight excluding hydrogens is 327 g/mol. The van der Waals surface area contributed by atoms with E-state index in [-0.39, 0.29) is 23.6 Å². The molecule has 1 heterocycles. The largest absolute Gasteiger partial charge is 0.480 e. The predicted molar refractivity (Wildman–Crippen MR) is 78.8 cm³/mol. The molecule has 0 saturated heterocycles. The fourth-order valence-corrected chi connectivity index (χ4v) is 2.15. The molecule has 2 rings (SSSR count). The molecule has 1 aromatic carbocycles. The second-order valence-corrected chi connectivity index (χ2v) is 6.34. The molecule has 2 aromatic rings. The third-order valence-corrected chi connectivity index (χ3v) is 3.36. The first kappa shape index (κ1) is 17.2. The van der Waals surface area contributed by atoms with Gasteiger partial charge >= 0.3 is 13.6 Å². The Labute approximate surface area is 130 Å². The second kappa shape index (κ2) is 6.93. The molecule has 0 unspecified atom stereocenters. The van der Waals surface area contributed by atoms with Crippen LogP contribution < -0.4 is 10.5 Å². The Balaban J connectivity index is 2.37. The smallest absolute Gasteiger partial charge is 0.362 e. The summed E-state index contributed by atoms with van der Waals surface area (Å²) in [7, 11) is -4.42. The minimum atomic E-state index is -4.42. The van der Waals surface area contributed by atoms with Crippen molar-refractivity contribution in [1.29, 1.82) is 0 Å². The van der Waals surface area contributed by atoms with Gasteiger partial charge in [-0.25, -0.2) is 0 Å². The van der Waals surface area contributed by atoms with Gasteiger partial charge in [-0.15, -0.1) is 0 Å². The zero-order valence-electron chi connectivity index (χ0n) is 11.8. The van der Waals surface area contributed by atoms with Crippen LogP contribution in [0.3, 0.4) is 0 Å². The molecule has 0 fully saturated rings. The van der Waals surface area contributed by atoms with E-state index >= 15 is 0 Å². The summed E-state index contributed by atoms with van der Waals surface area (Å²) in [5, 5.41) is 12.6. The second-order valence-electron chi connectivity index (χ2n) is 4.75. The lowest BCUT2D eigenvalue weighted by atomic mass is 10.0. The maximum absolute atomic E-state index is 11.0. The summed E-state index contributed by atoms with van der Waals surface area (Å²) in [6.45, 7) is 0. The Morgan fingerprint density at radius 2 is 2.00 bits per heavy atom. The molecule has 0 bridgehead atoms. The van der Waals surface area contributed by atoms with Gasteiger partial charge in [-0.05, 0) is 5.16 Å². The fourth-order valence-electron chi connectivity index (χ4n) is 1.86. The fraction of sp³-hybridized carbons (Fsp3) is 0.231. The van der Waals surface area contributed by atoms with Gasteiger partial charge in [-0.2, -0.15) is 0 Å². The highest BCUT2D eigenvalue weighted by atomic mass is 31.2. The SMILES string of the molecule is N[C@@H](Cc1c(OCP(=O)(O)O)noc1-c1ccccc1)C(=O)O. The number of aromatic nitrogens is 1. The van der Waals surface area contributed by atoms with Crippen molar-refractivity contribution in [2.24, 2.45) is 5.73 Å². The third-order valence-electron chi connectivity index (χ3n) is 2.90. The summed E-state index contributed by atoms with van der Waals surface area (Å²) in [5.41, 5.74) is 6.37. The first-order valence-corrected chi connectivity index (χ1v) is 8.27. The first-order valence-electron chi connectivity index (χ1n) is 6.47. The molecule has 1 aromatic heterocycles. The van der Waals surface area contributed by atoms with Gasteiger partial charge in [0, 0.05) is 12.0 Å². The highest BCUT2D eigenvalue weighted by molar-refractivity contribution is 7.51. The first-order chi connectivity index (χ1) is 10.8. The Morgan fingerprint density at radius 3 is 2.57 bits per heavy atom. The summed E-state index contributed by atoms with van der Waals surface area (Å²) in [6.07, 6.45) is -1.07. The molecule has 1 atom stereocenters. The van der Waals surface area contributed by atoms with Gasteiger partial charge in [0.05, 0.1) is 5.56 Å². The van der Waals surface area contributed by atoms with E-state index in [0.717, 1.165) is 0 Å². The van der Waals surface area contributed by atoms with Gasteiger partial charge in [0.2, 0.25) is 0 Å². The number of ether oxygens (including phenoxy) is 1. The van der Waals surface area contributed by atoms with Crippen molar-refractivity contribution in [2.75, 3.05) is 6.35 Å². The van der Waals surface area contributed by atoms with Gasteiger partial charge in [0.1, 0.15) is 6.04 Å². The van der Waals surface area contributed by atoms with Crippen molar-refractivity contribution in [1.82, 2.24) is 5.16 Å². The number of carboxylic acid groups (broad SMARTS) is 1. The van der Waals surface area contributed by atoms with Crippen LogP contribution in [-0.4, -0.2) is 38.4 Å². The van der Waals surface area contributed by atoms with Crippen molar-refractivity contribution >= 4 is 13.6 Å². The number of rotatable bonds is 7. The van der Waals surface area contributed by atoms with Crippen LogP contribution >= 0.6 is 7.60 Å². The zero-order valence-corrected chi connectivity index (χ0v) is 12.7. The van der Waals surface area contributed by atoms with Gasteiger partial charge in [-0.1, -0.05) is 30.3 Å². The summed E-state index contributed by atoms with van der Waals surface area (Å²) in [5.74, 6) is -1.18. The van der Waals surface area contributed by atoms with E-state index < -0.39 is 26.0 Å². The van der Waals surface area contributed by atoms with Crippen LogP contribution in [0.5, 0.6) is 5.88 Å². The van der Waals surface area contributed by atoms with Gasteiger partial charge in [0.15, 0.2) is 12.1 Å². The molecule has 23 heavy (non-hydrogen) atoms. The van der Waals surface area contributed by atoms with Gasteiger partial charge < -0.3 is 29.9 Å². The molecule has 0 radical (unpaired) electrons. The maximum atomic E-state index is 11.0. The third kappa shape index (κ3) is 4.64. The van der Waals surface area contributed by atoms with E-state index in [1.165, 1.54) is 0 Å². The molecule has 0 aliphatic rings. The lowest BCUT2D eigenvalue weighted by molar-refractivity contribution is -0.138. The van der Waals surface area contributed by atoms with E-state index in [2.05, 4.69) is 5.16 Å². The van der Waals surface area contributed by atoms with Crippen molar-refractivity contribution in [3.63, 3.8) is 0 Å². The van der Waals surface area contributed by atoms with Crippen LogP contribution in [0, 0.1) is 0 Å². The van der Waals surface area contributed by atoms with Crippen molar-refractivity contribution in [2.45, 2.75) is 12.5 Å². The molecule has 0 aliphatic carbocycles. The Kier molecular flexibility index (Phi) is 5.17. The van der Waals surface area contributed by atoms with E-state index in [4.69, 9.17) is 29.9 Å². The van der Waals surface area contributed by atoms with E-state index in [1.54, 1.807) is 30.3 Å². The van der Waals surface area contributed by atoms with Crippen LogP contribution in [0.2, 0.25) is 0 Å². The normalized spacial score (nSPS) is 12.8. The molecule has 0 spiro atoms. The molecule has 9 nitrogen and oxygen atoms in total. The van der Waals surface area contributed by atoms with Crippen molar-refractivity contribution in [3.05, 3.63) is 35.9 Å². The highest BCUT2D eigenvalue weighted by Gasteiger charge is 2.25. The number of carbonyl (C=O) groups is 1. The van der Waals surface area contributed by atoms with Crippen LogP contribution in [0.1, 0.15) is 5.56 Å². The van der Waals surface area contributed by atoms with Gasteiger partial charge in [-0.3, -0.25) is 9.36 Å². The minimum Gasteiger partial charge on any atom is -0.480 e. The van der Waals surface area contributed by atoms with E-state index in [0.29, 0.717) is 5.56 Å². The number of hydrogen-bond donors (Lipinski definition) is 4. The van der Waals surface area contributed by atoms with Crippen LogP contribution in [0.25, 0.3) is 11.3 Å². The Bertz CT molecular complexity index is 725. The molecule has 0 amide bonds. The van der Waals surface area contributed by atoms with Crippen molar-refractivity contribution < 1.29 is 33.5 Å². The van der Waals surface area contributed by atoms with Crippen molar-refractivity contribution in [3.8, 4) is 17.2 Å². The van der Waals surface area contributed by atoms with E-state index in [1.807, 2.05) is 0 Å². The summed E-state index contributed by atoms with van der Waals surface area (Å²) in [4.78, 5) is 28.7. The summed E-state index contributed by atoms with van der Waals surface area (Å²) < 4.78 is 21.0. The standard InChI is InChI=1S/C13H15N2O7P/c14-10(13(16)17)6-9-11(8-4-2-1-3-5-8)22-15-12(9)21-7-23(18,19)20/h1-5,10H,6-7,14H2,(H,16,17)(H2,18,19,20)/t10-/m0/s1. The number of nitrogens with zero attached hydrogens (tertiary/aromatic N) is 1. The molecule has 0 saturated carbocycles. The zero-order chi connectivity index (χ0) is 17.0. The predicted octanol–water partition coefficient (Wildman–Crippen LogP) is 0.810. The molecule has 124 valence electrons. The van der Waals surface area contributed by atoms with Crippen LogP contribution in [0.4, 0.5) is 0 Å². The van der Waals surface area contributed by atoms with Gasteiger partial charge in [0.25, 0.3) is 5.88 Å². The lowest BCUT2D eigenvalue weighted by Gasteiger charge is -2.09. The maximum Gasteiger partial charge on any atom is 0.362 e. The van der Waals surface area contributed by atoms with Crippen LogP contribution in [0.15, 0.2) is 34.9 Å². The average Bonchev–Trinajstić information content (AvgIpc) is 2.88. The molecule has 10 heteroatoms. The number of carboxylic acids is 1. The highest BCUT2D eigenvalue weighted by Crippen LogP contribution is 2.37. The van der Waals surface area contributed by atoms with Crippen LogP contribution in [-0.2, 0) is 15.8 Å². The Hall–Kier alpha value is -2.19. The Morgan fingerprint density at radius 1 is 1.35 bits per heavy atom. The summed E-state index contributed by atoms with van der Waals surface area (Å²) >= 11 is 0. The number of nitrogens with two attached hydrogens (primary N) is 1. The lowest BCUT2D eigenvalue weighted by Crippen LogP contribution is -2.32. The topological polar surface area (TPSA) is 156 Å². The minimum absolute atomic E-state index is 0.167.